The highest BCUT2D eigenvalue weighted by atomic mass is 16.5. The predicted octanol–water partition coefficient (Wildman–Crippen LogP) is 2.10. The molecule has 1 fully saturated rings. The lowest BCUT2D eigenvalue weighted by Crippen LogP contribution is -2.39. The van der Waals surface area contributed by atoms with Crippen molar-refractivity contribution in [3.63, 3.8) is 0 Å². The van der Waals surface area contributed by atoms with Crippen LogP contribution in [0.4, 0.5) is 0 Å². The van der Waals surface area contributed by atoms with E-state index in [1.807, 2.05) is 25.4 Å². The number of aryl methyl sites for hydroxylation is 1. The summed E-state index contributed by atoms with van der Waals surface area (Å²) in [6, 6.07) is 2.83. The van der Waals surface area contributed by atoms with Crippen LogP contribution < -0.4 is 5.32 Å². The molecule has 1 aliphatic rings. The molecule has 1 saturated carbocycles. The lowest BCUT2D eigenvalue weighted by atomic mass is 9.90. The molecule has 0 spiro atoms. The van der Waals surface area contributed by atoms with E-state index in [0.29, 0.717) is 24.5 Å². The second-order valence-electron chi connectivity index (χ2n) is 5.28. The Bertz CT molecular complexity index is 521. The van der Waals surface area contributed by atoms with Gasteiger partial charge >= 0.3 is 0 Å². The van der Waals surface area contributed by atoms with Gasteiger partial charge < -0.3 is 9.84 Å². The second-order valence-corrected chi connectivity index (χ2v) is 5.28. The Balaban J connectivity index is 1.62. The molecule has 2 heterocycles. The van der Waals surface area contributed by atoms with Gasteiger partial charge in [0.2, 0.25) is 5.89 Å². The topological polar surface area (TPSA) is 68.8 Å². The Labute approximate surface area is 118 Å². The van der Waals surface area contributed by atoms with Gasteiger partial charge in [-0.05, 0) is 18.9 Å². The molecule has 108 valence electrons. The molecule has 0 radical (unpaired) electrons. The third-order valence-corrected chi connectivity index (χ3v) is 3.93. The maximum atomic E-state index is 5.13. The van der Waals surface area contributed by atoms with Crippen LogP contribution in [0, 0.1) is 0 Å². The molecule has 6 heteroatoms. The van der Waals surface area contributed by atoms with Crippen molar-refractivity contribution in [2.45, 2.75) is 57.7 Å². The Kier molecular flexibility index (Phi) is 4.11. The summed E-state index contributed by atoms with van der Waals surface area (Å²) in [7, 11) is 0. The summed E-state index contributed by atoms with van der Waals surface area (Å²) in [5.41, 5.74) is 0. The van der Waals surface area contributed by atoms with Gasteiger partial charge in [-0.25, -0.2) is 0 Å². The van der Waals surface area contributed by atoms with E-state index in [2.05, 4.69) is 25.2 Å². The molecule has 1 N–H and O–H groups in total. The first-order valence-corrected chi connectivity index (χ1v) is 7.41. The molecule has 20 heavy (non-hydrogen) atoms. The summed E-state index contributed by atoms with van der Waals surface area (Å²) in [6.07, 6.45) is 9.56. The fourth-order valence-corrected chi connectivity index (χ4v) is 2.87. The van der Waals surface area contributed by atoms with E-state index >= 15 is 0 Å². The molecule has 0 unspecified atom stereocenters. The zero-order valence-electron chi connectivity index (χ0n) is 11.8. The number of hydrogen-bond acceptors (Lipinski definition) is 5. The van der Waals surface area contributed by atoms with Gasteiger partial charge in [0.05, 0.1) is 12.6 Å². The molecular formula is C14H21N5O. The van der Waals surface area contributed by atoms with Gasteiger partial charge in [0.15, 0.2) is 5.82 Å². The molecule has 2 aromatic heterocycles. The van der Waals surface area contributed by atoms with Gasteiger partial charge in [-0.2, -0.15) is 10.1 Å². The van der Waals surface area contributed by atoms with Crippen LogP contribution in [0.2, 0.25) is 0 Å². The average molecular weight is 275 g/mol. The molecule has 3 rings (SSSR count). The first-order chi connectivity index (χ1) is 9.86. The largest absolute Gasteiger partial charge is 0.339 e. The van der Waals surface area contributed by atoms with Crippen LogP contribution >= 0.6 is 0 Å². The Morgan fingerprint density at radius 3 is 3.05 bits per heavy atom. The van der Waals surface area contributed by atoms with Crippen LogP contribution in [0.1, 0.15) is 50.4 Å². The number of nitrogens with zero attached hydrogens (tertiary/aromatic N) is 4. The first kappa shape index (κ1) is 13.3. The molecule has 2 aromatic rings. The van der Waals surface area contributed by atoms with E-state index in [4.69, 9.17) is 4.52 Å². The van der Waals surface area contributed by atoms with Crippen LogP contribution in [-0.2, 0) is 13.0 Å². The zero-order chi connectivity index (χ0) is 13.8. The lowest BCUT2D eigenvalue weighted by molar-refractivity contribution is 0.243. The summed E-state index contributed by atoms with van der Waals surface area (Å²) in [5, 5.41) is 11.9. The van der Waals surface area contributed by atoms with Crippen LogP contribution in [0.25, 0.3) is 0 Å². The summed E-state index contributed by atoms with van der Waals surface area (Å²) < 4.78 is 7.21. The van der Waals surface area contributed by atoms with Crippen molar-refractivity contribution in [2.24, 2.45) is 0 Å². The summed E-state index contributed by atoms with van der Waals surface area (Å²) in [6.45, 7) is 2.67. The molecule has 6 nitrogen and oxygen atoms in total. The SMILES string of the molecule is CCc1nc(CN[C@H]2CCCC[C@H]2n2cccn2)no1. The normalized spacial score (nSPS) is 23.1. The highest BCUT2D eigenvalue weighted by Crippen LogP contribution is 2.28. The smallest absolute Gasteiger partial charge is 0.226 e. The fraction of sp³-hybridized carbons (Fsp3) is 0.643. The van der Waals surface area contributed by atoms with Crippen molar-refractivity contribution in [3.05, 3.63) is 30.2 Å². The molecule has 0 aliphatic heterocycles. The van der Waals surface area contributed by atoms with E-state index in [1.54, 1.807) is 0 Å². The van der Waals surface area contributed by atoms with E-state index in [0.717, 1.165) is 12.2 Å². The van der Waals surface area contributed by atoms with E-state index < -0.39 is 0 Å². The third kappa shape index (κ3) is 2.90. The van der Waals surface area contributed by atoms with Crippen molar-refractivity contribution in [1.82, 2.24) is 25.2 Å². The van der Waals surface area contributed by atoms with Crippen LogP contribution in [0.15, 0.2) is 23.0 Å². The van der Waals surface area contributed by atoms with E-state index in [-0.39, 0.29) is 0 Å². The number of rotatable bonds is 5. The highest BCUT2D eigenvalue weighted by Gasteiger charge is 2.26. The van der Waals surface area contributed by atoms with Crippen molar-refractivity contribution in [3.8, 4) is 0 Å². The van der Waals surface area contributed by atoms with Crippen LogP contribution in [0.3, 0.4) is 0 Å². The summed E-state index contributed by atoms with van der Waals surface area (Å²) in [5.74, 6) is 1.45. The van der Waals surface area contributed by atoms with Crippen molar-refractivity contribution in [1.29, 1.82) is 0 Å². The quantitative estimate of drug-likeness (QED) is 0.905. The molecule has 1 aliphatic carbocycles. The van der Waals surface area contributed by atoms with E-state index in [1.165, 1.54) is 25.7 Å². The maximum absolute atomic E-state index is 5.13. The van der Waals surface area contributed by atoms with Crippen molar-refractivity contribution in [2.75, 3.05) is 0 Å². The maximum Gasteiger partial charge on any atom is 0.226 e. The minimum atomic E-state index is 0.423. The predicted molar refractivity (Wildman–Crippen MR) is 74.0 cm³/mol. The highest BCUT2D eigenvalue weighted by molar-refractivity contribution is 4.92. The van der Waals surface area contributed by atoms with Crippen molar-refractivity contribution >= 4 is 0 Å². The van der Waals surface area contributed by atoms with Crippen molar-refractivity contribution < 1.29 is 4.52 Å². The number of hydrogen-bond donors (Lipinski definition) is 1. The van der Waals surface area contributed by atoms with Gasteiger partial charge in [0.1, 0.15) is 0 Å². The minimum Gasteiger partial charge on any atom is -0.339 e. The number of aromatic nitrogens is 4. The first-order valence-electron chi connectivity index (χ1n) is 7.41. The molecule has 0 bridgehead atoms. The second kappa shape index (κ2) is 6.17. The lowest BCUT2D eigenvalue weighted by Gasteiger charge is -2.32. The van der Waals surface area contributed by atoms with Crippen LogP contribution in [0.5, 0.6) is 0 Å². The van der Waals surface area contributed by atoms with Gasteiger partial charge in [-0.15, -0.1) is 0 Å². The van der Waals surface area contributed by atoms with Gasteiger partial charge in [0, 0.05) is 24.9 Å². The molecule has 2 atom stereocenters. The Morgan fingerprint density at radius 2 is 2.30 bits per heavy atom. The molecule has 0 amide bonds. The molecule has 0 aromatic carbocycles. The van der Waals surface area contributed by atoms with Gasteiger partial charge in [-0.1, -0.05) is 24.9 Å². The fourth-order valence-electron chi connectivity index (χ4n) is 2.87. The van der Waals surface area contributed by atoms with Gasteiger partial charge in [-0.3, -0.25) is 4.68 Å². The molecule has 0 saturated heterocycles. The summed E-state index contributed by atoms with van der Waals surface area (Å²) in [4.78, 5) is 4.34. The number of nitrogens with one attached hydrogen (secondary N) is 1. The van der Waals surface area contributed by atoms with Crippen LogP contribution in [-0.4, -0.2) is 26.0 Å². The minimum absolute atomic E-state index is 0.423. The van der Waals surface area contributed by atoms with E-state index in [9.17, 15) is 0 Å². The standard InChI is InChI=1S/C14H21N5O/c1-2-14-17-13(18-20-14)10-15-11-6-3-4-7-12(11)19-9-5-8-16-19/h5,8-9,11-12,15H,2-4,6-7,10H2,1H3/t11-,12+/m0/s1. The third-order valence-electron chi connectivity index (χ3n) is 3.93. The zero-order valence-corrected chi connectivity index (χ0v) is 11.8. The Hall–Kier alpha value is -1.69. The summed E-state index contributed by atoms with van der Waals surface area (Å²) >= 11 is 0. The molecular weight excluding hydrogens is 254 g/mol. The van der Waals surface area contributed by atoms with Gasteiger partial charge in [0.25, 0.3) is 0 Å². The average Bonchev–Trinajstić information content (AvgIpc) is 3.17. The monoisotopic (exact) mass is 275 g/mol. The Morgan fingerprint density at radius 1 is 1.40 bits per heavy atom.